The molecule has 192 valence electrons. The van der Waals surface area contributed by atoms with E-state index in [1.807, 2.05) is 12.1 Å². The van der Waals surface area contributed by atoms with E-state index in [1.54, 1.807) is 24.3 Å². The number of amides is 1. The van der Waals surface area contributed by atoms with Crippen molar-refractivity contribution in [1.82, 2.24) is 14.1 Å². The minimum Gasteiger partial charge on any atom is -0.379 e. The molecule has 1 aromatic carbocycles. The Hall–Kier alpha value is -1.58. The Morgan fingerprint density at radius 2 is 1.74 bits per heavy atom. The first kappa shape index (κ1) is 26.5. The summed E-state index contributed by atoms with van der Waals surface area (Å²) in [6, 6.07) is 10.5. The number of ether oxygens (including phenoxy) is 1. The number of carbonyl (C=O) groups is 1. The summed E-state index contributed by atoms with van der Waals surface area (Å²) in [5.74, 6) is -1.32. The van der Waals surface area contributed by atoms with Crippen molar-refractivity contribution >= 4 is 48.9 Å². The van der Waals surface area contributed by atoms with Gasteiger partial charge in [-0.1, -0.05) is 23.7 Å². The van der Waals surface area contributed by atoms with Crippen LogP contribution in [0.3, 0.4) is 0 Å². The highest BCUT2D eigenvalue weighted by atomic mass is 35.5. The molecule has 1 amide bonds. The summed E-state index contributed by atoms with van der Waals surface area (Å²) >= 11 is 7.19. The van der Waals surface area contributed by atoms with Crippen LogP contribution in [0.2, 0.25) is 5.02 Å². The van der Waals surface area contributed by atoms with E-state index in [0.717, 1.165) is 10.4 Å². The molecule has 2 aliphatic rings. The SMILES string of the molecule is O=C(C[C@]1(c2ccc(-c3ccc(Cl)cc3)s2)CCN(S(=O)(=O)N2CCOCC2)CCS1(=O)=O)NO. The van der Waals surface area contributed by atoms with Crippen molar-refractivity contribution in [2.45, 2.75) is 17.6 Å². The van der Waals surface area contributed by atoms with E-state index < -0.39 is 42.9 Å². The lowest BCUT2D eigenvalue weighted by molar-refractivity contribution is -0.129. The van der Waals surface area contributed by atoms with Crippen molar-refractivity contribution < 1.29 is 31.6 Å². The third-order valence-electron chi connectivity index (χ3n) is 6.35. The summed E-state index contributed by atoms with van der Waals surface area (Å²) < 4.78 is 59.8. The Morgan fingerprint density at radius 3 is 2.40 bits per heavy atom. The second kappa shape index (κ2) is 10.4. The topological polar surface area (TPSA) is 133 Å². The van der Waals surface area contributed by atoms with Gasteiger partial charge in [0.2, 0.25) is 5.91 Å². The normalized spacial score (nSPS) is 24.1. The van der Waals surface area contributed by atoms with Gasteiger partial charge in [0, 0.05) is 41.0 Å². The van der Waals surface area contributed by atoms with Gasteiger partial charge in [0.25, 0.3) is 10.2 Å². The van der Waals surface area contributed by atoms with Crippen LogP contribution >= 0.6 is 22.9 Å². The van der Waals surface area contributed by atoms with Crippen LogP contribution in [-0.2, 0) is 34.3 Å². The molecule has 2 aliphatic heterocycles. The van der Waals surface area contributed by atoms with Crippen LogP contribution in [0.4, 0.5) is 0 Å². The van der Waals surface area contributed by atoms with Gasteiger partial charge in [0.05, 0.1) is 25.4 Å². The second-order valence-corrected chi connectivity index (χ2v) is 14.2. The third-order valence-corrected chi connectivity index (χ3v) is 12.6. The number of thiophene rings is 1. The summed E-state index contributed by atoms with van der Waals surface area (Å²) in [7, 11) is -7.91. The van der Waals surface area contributed by atoms with E-state index in [0.29, 0.717) is 9.90 Å². The Labute approximate surface area is 213 Å². The minimum absolute atomic E-state index is 0.0915. The van der Waals surface area contributed by atoms with Gasteiger partial charge < -0.3 is 4.74 Å². The highest BCUT2D eigenvalue weighted by molar-refractivity contribution is 7.92. The van der Waals surface area contributed by atoms with Gasteiger partial charge in [-0.15, -0.1) is 11.3 Å². The monoisotopic (exact) mass is 563 g/mol. The van der Waals surface area contributed by atoms with Crippen LogP contribution in [0, 0.1) is 0 Å². The summed E-state index contributed by atoms with van der Waals surface area (Å²) in [5.41, 5.74) is 2.36. The Kier molecular flexibility index (Phi) is 7.88. The molecule has 2 fully saturated rings. The molecule has 2 aromatic rings. The molecule has 10 nitrogen and oxygen atoms in total. The van der Waals surface area contributed by atoms with Crippen LogP contribution in [0.1, 0.15) is 17.7 Å². The van der Waals surface area contributed by atoms with E-state index >= 15 is 0 Å². The minimum atomic E-state index is -4.01. The molecule has 3 heterocycles. The zero-order valence-corrected chi connectivity index (χ0v) is 21.9. The van der Waals surface area contributed by atoms with E-state index in [9.17, 15) is 26.8 Å². The van der Waals surface area contributed by atoms with Crippen LogP contribution in [0.25, 0.3) is 10.4 Å². The largest absolute Gasteiger partial charge is 0.379 e. The van der Waals surface area contributed by atoms with Crippen molar-refractivity contribution in [3.05, 3.63) is 46.3 Å². The molecule has 1 atom stereocenters. The molecule has 1 aromatic heterocycles. The first-order chi connectivity index (χ1) is 16.6. The number of nitrogens with zero attached hydrogens (tertiary/aromatic N) is 2. The number of carbonyl (C=O) groups excluding carboxylic acids is 1. The van der Waals surface area contributed by atoms with Gasteiger partial charge in [-0.25, -0.2) is 13.9 Å². The number of morpholine rings is 1. The highest BCUT2D eigenvalue weighted by Crippen LogP contribution is 2.45. The van der Waals surface area contributed by atoms with Crippen LogP contribution in [0.15, 0.2) is 36.4 Å². The fraction of sp³-hybridized carbons (Fsp3) is 0.476. The van der Waals surface area contributed by atoms with Crippen molar-refractivity contribution in [2.24, 2.45) is 0 Å². The molecule has 0 spiro atoms. The fourth-order valence-electron chi connectivity index (χ4n) is 4.37. The number of sulfone groups is 1. The summed E-state index contributed by atoms with van der Waals surface area (Å²) in [5, 5.41) is 9.76. The van der Waals surface area contributed by atoms with Gasteiger partial charge in [0.15, 0.2) is 9.84 Å². The van der Waals surface area contributed by atoms with E-state index in [-0.39, 0.29) is 45.8 Å². The van der Waals surface area contributed by atoms with E-state index in [2.05, 4.69) is 0 Å². The predicted octanol–water partition coefficient (Wildman–Crippen LogP) is 1.86. The zero-order valence-electron chi connectivity index (χ0n) is 18.7. The van der Waals surface area contributed by atoms with Gasteiger partial charge in [-0.3, -0.25) is 10.0 Å². The maximum atomic E-state index is 13.7. The maximum absolute atomic E-state index is 13.7. The summed E-state index contributed by atoms with van der Waals surface area (Å²) in [6.07, 6.45) is -0.662. The lowest BCUT2D eigenvalue weighted by Crippen LogP contribution is -2.49. The summed E-state index contributed by atoms with van der Waals surface area (Å²) in [4.78, 5) is 13.5. The number of rotatable bonds is 6. The maximum Gasteiger partial charge on any atom is 0.282 e. The smallest absolute Gasteiger partial charge is 0.282 e. The molecule has 14 heteroatoms. The Balaban J connectivity index is 1.71. The molecular formula is C21H26ClN3O7S3. The number of benzene rings is 1. The highest BCUT2D eigenvalue weighted by Gasteiger charge is 2.51. The molecule has 35 heavy (non-hydrogen) atoms. The number of hydrogen-bond acceptors (Lipinski definition) is 8. The third kappa shape index (κ3) is 5.27. The molecule has 2 N–H and O–H groups in total. The first-order valence-corrected chi connectivity index (χ1v) is 15.2. The molecule has 2 saturated heterocycles. The number of hydrogen-bond donors (Lipinski definition) is 2. The summed E-state index contributed by atoms with van der Waals surface area (Å²) in [6.45, 7) is 0.618. The van der Waals surface area contributed by atoms with Gasteiger partial charge in [-0.05, 0) is 36.2 Å². The van der Waals surface area contributed by atoms with Crippen LogP contribution in [0.5, 0.6) is 0 Å². The van der Waals surface area contributed by atoms with Gasteiger partial charge in [0.1, 0.15) is 4.75 Å². The average molecular weight is 564 g/mol. The molecule has 0 radical (unpaired) electrons. The molecule has 0 saturated carbocycles. The fourth-order valence-corrected chi connectivity index (χ4v) is 9.81. The predicted molar refractivity (Wildman–Crippen MR) is 132 cm³/mol. The molecular weight excluding hydrogens is 538 g/mol. The molecule has 0 unspecified atom stereocenters. The van der Waals surface area contributed by atoms with Crippen molar-refractivity contribution in [1.29, 1.82) is 0 Å². The first-order valence-electron chi connectivity index (χ1n) is 10.9. The van der Waals surface area contributed by atoms with Crippen molar-refractivity contribution in [3.8, 4) is 10.4 Å². The van der Waals surface area contributed by atoms with Crippen LogP contribution < -0.4 is 5.48 Å². The molecule has 0 aliphatic carbocycles. The zero-order chi connectivity index (χ0) is 25.3. The van der Waals surface area contributed by atoms with Crippen molar-refractivity contribution in [2.75, 3.05) is 45.1 Å². The van der Waals surface area contributed by atoms with Gasteiger partial charge >= 0.3 is 0 Å². The standard InChI is InChI=1S/C21H26ClN3O7S3/c22-17-3-1-16(2-4-17)18-5-6-19(33-18)21(15-20(26)23-27)7-8-24(11-14-34(21,28)29)35(30,31)25-9-12-32-13-10-25/h1-6,27H,7-15H2,(H,23,26)/t21-/m0/s1. The van der Waals surface area contributed by atoms with Crippen LogP contribution in [-0.4, -0.2) is 81.7 Å². The van der Waals surface area contributed by atoms with Crippen molar-refractivity contribution in [3.63, 3.8) is 0 Å². The number of nitrogens with one attached hydrogen (secondary N) is 1. The van der Waals surface area contributed by atoms with Gasteiger partial charge in [-0.2, -0.15) is 17.0 Å². The Bertz CT molecular complexity index is 1280. The van der Waals surface area contributed by atoms with E-state index in [1.165, 1.54) is 25.4 Å². The molecule has 4 rings (SSSR count). The lowest BCUT2D eigenvalue weighted by Gasteiger charge is -2.32. The van der Waals surface area contributed by atoms with E-state index in [4.69, 9.17) is 16.3 Å². The average Bonchev–Trinajstić information content (AvgIpc) is 3.29. The Morgan fingerprint density at radius 1 is 1.09 bits per heavy atom. The quantitative estimate of drug-likeness (QED) is 0.405. The number of halogens is 1. The number of hydroxylamine groups is 1. The molecule has 0 bridgehead atoms. The lowest BCUT2D eigenvalue weighted by atomic mass is 9.97. The second-order valence-electron chi connectivity index (χ2n) is 8.36.